The molecule has 0 spiro atoms. The van der Waals surface area contributed by atoms with Crippen LogP contribution in [0.25, 0.3) is 10.3 Å². The monoisotopic (exact) mass is 185 g/mol. The van der Waals surface area contributed by atoms with Gasteiger partial charge < -0.3 is 0 Å². The Morgan fingerprint density at radius 1 is 1.45 bits per heavy atom. The SMILES string of the molecule is Cc1nc(Cl)c2scnc2n1. The van der Waals surface area contributed by atoms with Gasteiger partial charge in [-0.1, -0.05) is 11.6 Å². The van der Waals surface area contributed by atoms with Crippen molar-refractivity contribution < 1.29 is 0 Å². The highest BCUT2D eigenvalue weighted by atomic mass is 35.5. The van der Waals surface area contributed by atoms with Crippen LogP contribution >= 0.6 is 22.9 Å². The minimum Gasteiger partial charge on any atom is -0.225 e. The summed E-state index contributed by atoms with van der Waals surface area (Å²) in [7, 11) is 0. The average molecular weight is 186 g/mol. The van der Waals surface area contributed by atoms with Crippen molar-refractivity contribution in [2.24, 2.45) is 0 Å². The van der Waals surface area contributed by atoms with Gasteiger partial charge in [-0.05, 0) is 6.92 Å². The normalized spacial score (nSPS) is 10.7. The van der Waals surface area contributed by atoms with Crippen LogP contribution < -0.4 is 0 Å². The van der Waals surface area contributed by atoms with E-state index in [1.807, 2.05) is 0 Å². The van der Waals surface area contributed by atoms with Gasteiger partial charge in [-0.3, -0.25) is 0 Å². The van der Waals surface area contributed by atoms with Crippen molar-refractivity contribution in [2.45, 2.75) is 6.92 Å². The van der Waals surface area contributed by atoms with Crippen molar-refractivity contribution in [2.75, 3.05) is 0 Å². The van der Waals surface area contributed by atoms with Crippen molar-refractivity contribution in [1.29, 1.82) is 0 Å². The second-order valence-electron chi connectivity index (χ2n) is 2.07. The van der Waals surface area contributed by atoms with Crippen molar-refractivity contribution in [3.05, 3.63) is 16.5 Å². The molecular formula is C6H4ClN3S. The highest BCUT2D eigenvalue weighted by molar-refractivity contribution is 7.17. The van der Waals surface area contributed by atoms with E-state index in [1.54, 1.807) is 12.4 Å². The number of aromatic nitrogens is 3. The van der Waals surface area contributed by atoms with Gasteiger partial charge in [-0.2, -0.15) is 0 Å². The summed E-state index contributed by atoms with van der Waals surface area (Å²) in [6.07, 6.45) is 0. The van der Waals surface area contributed by atoms with Gasteiger partial charge >= 0.3 is 0 Å². The Morgan fingerprint density at radius 3 is 3.09 bits per heavy atom. The smallest absolute Gasteiger partial charge is 0.175 e. The molecule has 5 heteroatoms. The van der Waals surface area contributed by atoms with Gasteiger partial charge in [0.2, 0.25) is 0 Å². The second-order valence-corrected chi connectivity index (χ2v) is 3.28. The van der Waals surface area contributed by atoms with Crippen LogP contribution in [0.2, 0.25) is 5.15 Å². The molecule has 0 aromatic carbocycles. The molecule has 0 radical (unpaired) electrons. The van der Waals surface area contributed by atoms with Gasteiger partial charge in [-0.25, -0.2) is 15.0 Å². The fraction of sp³-hybridized carbons (Fsp3) is 0.167. The number of hydrogen-bond acceptors (Lipinski definition) is 4. The molecule has 0 aliphatic heterocycles. The highest BCUT2D eigenvalue weighted by Gasteiger charge is 2.04. The molecule has 2 heterocycles. The molecule has 2 aromatic heterocycles. The lowest BCUT2D eigenvalue weighted by Gasteiger charge is -1.92. The molecule has 0 aliphatic carbocycles. The number of fused-ring (bicyclic) bond motifs is 1. The van der Waals surface area contributed by atoms with Crippen molar-refractivity contribution in [1.82, 2.24) is 15.0 Å². The van der Waals surface area contributed by atoms with Crippen LogP contribution in [-0.2, 0) is 0 Å². The topological polar surface area (TPSA) is 38.7 Å². The summed E-state index contributed by atoms with van der Waals surface area (Å²) in [5.41, 5.74) is 2.40. The summed E-state index contributed by atoms with van der Waals surface area (Å²) in [6.45, 7) is 1.80. The Bertz CT molecular complexity index is 398. The third-order valence-electron chi connectivity index (χ3n) is 1.26. The molecule has 3 nitrogen and oxygen atoms in total. The molecule has 0 saturated carbocycles. The molecule has 0 fully saturated rings. The van der Waals surface area contributed by atoms with Crippen molar-refractivity contribution in [3.8, 4) is 0 Å². The van der Waals surface area contributed by atoms with Crippen LogP contribution in [0, 0.1) is 6.92 Å². The Kier molecular flexibility index (Phi) is 1.51. The molecule has 11 heavy (non-hydrogen) atoms. The Hall–Kier alpha value is -0.740. The molecule has 0 bridgehead atoms. The van der Waals surface area contributed by atoms with Crippen LogP contribution in [0.15, 0.2) is 5.51 Å². The zero-order chi connectivity index (χ0) is 7.84. The van der Waals surface area contributed by atoms with Gasteiger partial charge in [-0.15, -0.1) is 11.3 Å². The molecule has 0 unspecified atom stereocenters. The minimum atomic E-state index is 0.495. The first kappa shape index (κ1) is 6.94. The summed E-state index contributed by atoms with van der Waals surface area (Å²) < 4.78 is 0.859. The van der Waals surface area contributed by atoms with E-state index in [1.165, 1.54) is 11.3 Å². The minimum absolute atomic E-state index is 0.495. The first-order chi connectivity index (χ1) is 5.27. The Balaban J connectivity index is 2.91. The van der Waals surface area contributed by atoms with Gasteiger partial charge in [0.05, 0.1) is 5.51 Å². The lowest BCUT2D eigenvalue weighted by molar-refractivity contribution is 1.08. The van der Waals surface area contributed by atoms with Gasteiger partial charge in [0, 0.05) is 0 Å². The van der Waals surface area contributed by atoms with E-state index >= 15 is 0 Å². The van der Waals surface area contributed by atoms with E-state index in [2.05, 4.69) is 15.0 Å². The standard InChI is InChI=1S/C6H4ClN3S/c1-3-9-5(7)4-6(10-3)8-2-11-4/h2H,1H3. The molecule has 2 rings (SSSR count). The fourth-order valence-corrected chi connectivity index (χ4v) is 1.78. The number of halogens is 1. The van der Waals surface area contributed by atoms with Crippen LogP contribution in [-0.4, -0.2) is 15.0 Å². The van der Waals surface area contributed by atoms with E-state index in [4.69, 9.17) is 11.6 Å². The first-order valence-electron chi connectivity index (χ1n) is 3.01. The van der Waals surface area contributed by atoms with Gasteiger partial charge in [0.15, 0.2) is 10.8 Å². The Labute approximate surface area is 72.1 Å². The third kappa shape index (κ3) is 1.08. The maximum atomic E-state index is 5.82. The van der Waals surface area contributed by atoms with E-state index in [-0.39, 0.29) is 0 Å². The fourth-order valence-electron chi connectivity index (χ4n) is 0.832. The number of thiazole rings is 1. The third-order valence-corrected chi connectivity index (χ3v) is 2.47. The molecule has 0 saturated heterocycles. The van der Waals surface area contributed by atoms with Crippen molar-refractivity contribution >= 4 is 33.3 Å². The summed E-state index contributed by atoms with van der Waals surface area (Å²) in [5, 5.41) is 0.495. The quantitative estimate of drug-likeness (QED) is 0.590. The number of rotatable bonds is 0. The first-order valence-corrected chi connectivity index (χ1v) is 4.26. The van der Waals surface area contributed by atoms with Crippen LogP contribution in [0.5, 0.6) is 0 Å². The maximum Gasteiger partial charge on any atom is 0.175 e. The average Bonchev–Trinajstić information content (AvgIpc) is 2.34. The molecule has 0 N–H and O–H groups in total. The zero-order valence-electron chi connectivity index (χ0n) is 5.71. The molecule has 0 aliphatic rings. The van der Waals surface area contributed by atoms with E-state index in [0.717, 1.165) is 4.70 Å². The zero-order valence-corrected chi connectivity index (χ0v) is 7.28. The highest BCUT2D eigenvalue weighted by Crippen LogP contribution is 2.22. The van der Waals surface area contributed by atoms with Crippen molar-refractivity contribution in [3.63, 3.8) is 0 Å². The van der Waals surface area contributed by atoms with E-state index in [9.17, 15) is 0 Å². The van der Waals surface area contributed by atoms with Crippen LogP contribution in [0.3, 0.4) is 0 Å². The second kappa shape index (κ2) is 2.39. The molecule has 0 atom stereocenters. The van der Waals surface area contributed by atoms with E-state index < -0.39 is 0 Å². The molecule has 2 aromatic rings. The molecule has 56 valence electrons. The summed E-state index contributed by atoms with van der Waals surface area (Å²) >= 11 is 7.28. The number of aryl methyl sites for hydroxylation is 1. The van der Waals surface area contributed by atoms with E-state index in [0.29, 0.717) is 16.6 Å². The van der Waals surface area contributed by atoms with Crippen LogP contribution in [0.1, 0.15) is 5.82 Å². The predicted molar refractivity (Wildman–Crippen MR) is 45.0 cm³/mol. The number of nitrogens with zero attached hydrogens (tertiary/aromatic N) is 3. The maximum absolute atomic E-state index is 5.82. The lowest BCUT2D eigenvalue weighted by atomic mass is 10.6. The number of hydrogen-bond donors (Lipinski definition) is 0. The Morgan fingerprint density at radius 2 is 2.27 bits per heavy atom. The van der Waals surface area contributed by atoms with Crippen LogP contribution in [0.4, 0.5) is 0 Å². The molecular weight excluding hydrogens is 182 g/mol. The summed E-state index contributed by atoms with van der Waals surface area (Å²) in [4.78, 5) is 12.1. The largest absolute Gasteiger partial charge is 0.225 e. The predicted octanol–water partition coefficient (Wildman–Crippen LogP) is 2.05. The van der Waals surface area contributed by atoms with Gasteiger partial charge in [0.1, 0.15) is 10.5 Å². The summed E-state index contributed by atoms with van der Waals surface area (Å²) in [6, 6.07) is 0. The molecule has 0 amide bonds. The van der Waals surface area contributed by atoms with Gasteiger partial charge in [0.25, 0.3) is 0 Å². The summed E-state index contributed by atoms with van der Waals surface area (Å²) in [5.74, 6) is 0.661. The lowest BCUT2D eigenvalue weighted by Crippen LogP contribution is -1.87.